The molecule has 0 spiro atoms. The molecule has 6 nitrogen and oxygen atoms in total. The van der Waals surface area contributed by atoms with Crippen molar-refractivity contribution in [1.82, 2.24) is 4.90 Å². The molecule has 1 amide bonds. The van der Waals surface area contributed by atoms with E-state index in [9.17, 15) is 13.2 Å². The lowest BCUT2D eigenvalue weighted by Gasteiger charge is -2.27. The molecule has 1 N–H and O–H groups in total. The molecule has 1 heterocycles. The summed E-state index contributed by atoms with van der Waals surface area (Å²) in [6.07, 6.45) is 0. The fourth-order valence-corrected chi connectivity index (χ4v) is 3.86. The van der Waals surface area contributed by atoms with E-state index in [1.807, 2.05) is 0 Å². The standard InChI is InChI=1S/C17H17ClN2O4S/c18-15-6-1-2-7-16(15)19-25(22,23)14-5-3-4-13(12-14)17(21)20-8-10-24-11-9-20/h1-7,12,19H,8-11H2. The highest BCUT2D eigenvalue weighted by Crippen LogP contribution is 2.24. The Hall–Kier alpha value is -2.09. The van der Waals surface area contributed by atoms with Crippen LogP contribution in [-0.4, -0.2) is 45.5 Å². The molecule has 132 valence electrons. The monoisotopic (exact) mass is 380 g/mol. The molecule has 0 bridgehead atoms. The highest BCUT2D eigenvalue weighted by atomic mass is 35.5. The second-order valence-corrected chi connectivity index (χ2v) is 7.61. The minimum atomic E-state index is -3.85. The van der Waals surface area contributed by atoms with E-state index < -0.39 is 10.0 Å². The molecule has 1 fully saturated rings. The van der Waals surface area contributed by atoms with Gasteiger partial charge in [0.2, 0.25) is 0 Å². The summed E-state index contributed by atoms with van der Waals surface area (Å²) < 4.78 is 32.9. The van der Waals surface area contributed by atoms with Crippen molar-refractivity contribution >= 4 is 33.2 Å². The van der Waals surface area contributed by atoms with Gasteiger partial charge >= 0.3 is 0 Å². The number of amides is 1. The summed E-state index contributed by atoms with van der Waals surface area (Å²) in [4.78, 5) is 14.2. The van der Waals surface area contributed by atoms with Gasteiger partial charge in [-0.15, -0.1) is 0 Å². The van der Waals surface area contributed by atoms with E-state index >= 15 is 0 Å². The topological polar surface area (TPSA) is 75.7 Å². The van der Waals surface area contributed by atoms with Crippen LogP contribution in [0.25, 0.3) is 0 Å². The Morgan fingerprint density at radius 1 is 1.08 bits per heavy atom. The molecule has 0 saturated carbocycles. The van der Waals surface area contributed by atoms with Crippen molar-refractivity contribution in [3.05, 3.63) is 59.1 Å². The molecule has 0 atom stereocenters. The van der Waals surface area contributed by atoms with Gasteiger partial charge < -0.3 is 9.64 Å². The number of ether oxygens (including phenoxy) is 1. The summed E-state index contributed by atoms with van der Waals surface area (Å²) in [5.74, 6) is -0.210. The van der Waals surface area contributed by atoms with Crippen LogP contribution in [0.15, 0.2) is 53.4 Å². The summed E-state index contributed by atoms with van der Waals surface area (Å²) in [5, 5.41) is 0.298. The number of para-hydroxylation sites is 1. The number of nitrogens with one attached hydrogen (secondary N) is 1. The lowest BCUT2D eigenvalue weighted by molar-refractivity contribution is 0.0302. The number of morpholine rings is 1. The summed E-state index contributed by atoms with van der Waals surface area (Å²) in [7, 11) is -3.85. The number of carbonyl (C=O) groups excluding carboxylic acids is 1. The van der Waals surface area contributed by atoms with E-state index in [4.69, 9.17) is 16.3 Å². The molecular formula is C17H17ClN2O4S. The molecule has 3 rings (SSSR count). The van der Waals surface area contributed by atoms with Gasteiger partial charge in [-0.25, -0.2) is 8.42 Å². The number of hydrogen-bond donors (Lipinski definition) is 1. The minimum absolute atomic E-state index is 0.00605. The number of rotatable bonds is 4. The summed E-state index contributed by atoms with van der Waals surface area (Å²) in [5.41, 5.74) is 0.609. The largest absolute Gasteiger partial charge is 0.378 e. The number of halogens is 1. The number of hydrogen-bond acceptors (Lipinski definition) is 4. The smallest absolute Gasteiger partial charge is 0.261 e. The van der Waals surface area contributed by atoms with E-state index in [1.54, 1.807) is 41.3 Å². The number of sulfonamides is 1. The van der Waals surface area contributed by atoms with Gasteiger partial charge in [0.1, 0.15) is 0 Å². The van der Waals surface area contributed by atoms with Crippen molar-refractivity contribution in [2.75, 3.05) is 31.0 Å². The quantitative estimate of drug-likeness (QED) is 0.884. The molecule has 1 aliphatic heterocycles. The first-order valence-corrected chi connectivity index (χ1v) is 9.58. The molecule has 2 aromatic carbocycles. The average Bonchev–Trinajstić information content (AvgIpc) is 2.64. The molecule has 8 heteroatoms. The lowest BCUT2D eigenvalue weighted by atomic mass is 10.2. The van der Waals surface area contributed by atoms with Crippen molar-refractivity contribution in [3.8, 4) is 0 Å². The van der Waals surface area contributed by atoms with Crippen LogP contribution >= 0.6 is 11.6 Å². The molecule has 0 aliphatic carbocycles. The van der Waals surface area contributed by atoms with Gasteiger partial charge in [-0.2, -0.15) is 0 Å². The zero-order valence-corrected chi connectivity index (χ0v) is 14.9. The van der Waals surface area contributed by atoms with Gasteiger partial charge in [0.15, 0.2) is 0 Å². The number of carbonyl (C=O) groups is 1. The third-order valence-corrected chi connectivity index (χ3v) is 5.50. The van der Waals surface area contributed by atoms with Crippen LogP contribution < -0.4 is 4.72 Å². The van der Waals surface area contributed by atoms with Gasteiger partial charge in [-0.1, -0.05) is 29.8 Å². The van der Waals surface area contributed by atoms with Crippen LogP contribution in [0.4, 0.5) is 5.69 Å². The van der Waals surface area contributed by atoms with E-state index in [2.05, 4.69) is 4.72 Å². The summed E-state index contributed by atoms with van der Waals surface area (Å²) in [6, 6.07) is 12.5. The maximum atomic E-state index is 12.6. The molecule has 0 unspecified atom stereocenters. The Balaban J connectivity index is 1.85. The van der Waals surface area contributed by atoms with E-state index in [-0.39, 0.29) is 16.5 Å². The molecule has 1 aliphatic rings. The zero-order chi connectivity index (χ0) is 17.9. The van der Waals surface area contributed by atoms with Gasteiger partial charge in [0, 0.05) is 18.7 Å². The van der Waals surface area contributed by atoms with Crippen molar-refractivity contribution in [2.45, 2.75) is 4.90 Å². The maximum Gasteiger partial charge on any atom is 0.261 e. The maximum absolute atomic E-state index is 12.6. The predicted molar refractivity (Wildman–Crippen MR) is 95.4 cm³/mol. The highest BCUT2D eigenvalue weighted by molar-refractivity contribution is 7.92. The number of nitrogens with zero attached hydrogens (tertiary/aromatic N) is 1. The Bertz CT molecular complexity index is 880. The van der Waals surface area contributed by atoms with Gasteiger partial charge in [-0.3, -0.25) is 9.52 Å². The summed E-state index contributed by atoms with van der Waals surface area (Å²) >= 11 is 6.00. The first-order valence-electron chi connectivity index (χ1n) is 7.72. The Morgan fingerprint density at radius 3 is 2.52 bits per heavy atom. The molecule has 1 saturated heterocycles. The zero-order valence-electron chi connectivity index (χ0n) is 13.3. The first-order chi connectivity index (χ1) is 12.0. The third kappa shape index (κ3) is 4.12. The Labute approximate surface area is 151 Å². The van der Waals surface area contributed by atoms with Gasteiger partial charge in [0.05, 0.1) is 28.8 Å². The molecular weight excluding hydrogens is 364 g/mol. The normalized spacial score (nSPS) is 15.0. The number of anilines is 1. The predicted octanol–water partition coefficient (Wildman–Crippen LogP) is 2.61. The van der Waals surface area contributed by atoms with E-state index in [1.165, 1.54) is 12.1 Å². The van der Waals surface area contributed by atoms with Gasteiger partial charge in [0.25, 0.3) is 15.9 Å². The van der Waals surface area contributed by atoms with E-state index in [0.29, 0.717) is 36.9 Å². The molecule has 25 heavy (non-hydrogen) atoms. The van der Waals surface area contributed by atoms with Crippen LogP contribution in [0.2, 0.25) is 5.02 Å². The highest BCUT2D eigenvalue weighted by Gasteiger charge is 2.21. The second-order valence-electron chi connectivity index (χ2n) is 5.52. The van der Waals surface area contributed by atoms with Crippen LogP contribution in [0.3, 0.4) is 0 Å². The van der Waals surface area contributed by atoms with Crippen molar-refractivity contribution < 1.29 is 17.9 Å². The van der Waals surface area contributed by atoms with Crippen molar-refractivity contribution in [1.29, 1.82) is 0 Å². The van der Waals surface area contributed by atoms with E-state index in [0.717, 1.165) is 0 Å². The van der Waals surface area contributed by atoms with Gasteiger partial charge in [-0.05, 0) is 30.3 Å². The molecule has 0 radical (unpaired) electrons. The molecule has 2 aromatic rings. The number of benzene rings is 2. The molecule has 0 aromatic heterocycles. The third-order valence-electron chi connectivity index (χ3n) is 3.81. The lowest BCUT2D eigenvalue weighted by Crippen LogP contribution is -2.40. The van der Waals surface area contributed by atoms with Crippen LogP contribution in [-0.2, 0) is 14.8 Å². The minimum Gasteiger partial charge on any atom is -0.378 e. The van der Waals surface area contributed by atoms with Crippen molar-refractivity contribution in [3.63, 3.8) is 0 Å². The summed E-state index contributed by atoms with van der Waals surface area (Å²) in [6.45, 7) is 1.96. The average molecular weight is 381 g/mol. The fourth-order valence-electron chi connectivity index (χ4n) is 2.49. The Morgan fingerprint density at radius 2 is 1.80 bits per heavy atom. The SMILES string of the molecule is O=C(c1cccc(S(=O)(=O)Nc2ccccc2Cl)c1)N1CCOCC1. The van der Waals surface area contributed by atoms with Crippen molar-refractivity contribution in [2.24, 2.45) is 0 Å². The Kier molecular flexibility index (Phi) is 5.27. The van der Waals surface area contributed by atoms with Crippen LogP contribution in [0, 0.1) is 0 Å². The van der Waals surface area contributed by atoms with Crippen LogP contribution in [0.1, 0.15) is 10.4 Å². The second kappa shape index (κ2) is 7.43. The fraction of sp³-hybridized carbons (Fsp3) is 0.235. The first kappa shape index (κ1) is 17.7. The van der Waals surface area contributed by atoms with Crippen LogP contribution in [0.5, 0.6) is 0 Å².